The van der Waals surface area contributed by atoms with Crippen molar-refractivity contribution in [2.75, 3.05) is 37.3 Å². The van der Waals surface area contributed by atoms with Crippen LogP contribution in [0.4, 0.5) is 37.2 Å². The Hall–Kier alpha value is -1.41. The average Bonchev–Trinajstić information content (AvgIpc) is 3.33. The Bertz CT molecular complexity index is 1810. The number of alkyl halides is 4. The normalized spacial score (nSPS) is 23.9. The number of nitrogens with one attached hydrogen (secondary N) is 1. The molecule has 1 spiro atoms. The van der Waals surface area contributed by atoms with Crippen LogP contribution in [-0.4, -0.2) is 64.1 Å². The van der Waals surface area contributed by atoms with E-state index in [0.717, 1.165) is 23.8 Å². The summed E-state index contributed by atoms with van der Waals surface area (Å²) in [7, 11) is 0. The van der Waals surface area contributed by atoms with Gasteiger partial charge in [-0.05, 0) is 64.7 Å². The van der Waals surface area contributed by atoms with Crippen molar-refractivity contribution in [1.29, 1.82) is 0 Å². The number of nitrogens with two attached hydrogens (primary N) is 1. The van der Waals surface area contributed by atoms with E-state index >= 15 is 4.39 Å². The van der Waals surface area contributed by atoms with E-state index in [4.69, 9.17) is 10.5 Å². The van der Waals surface area contributed by atoms with E-state index in [1.165, 1.54) is 6.07 Å². The molecule has 2 aromatic carbocycles. The number of phenols is 1. The number of thiophene rings is 1. The van der Waals surface area contributed by atoms with Crippen LogP contribution in [0.15, 0.2) is 12.1 Å². The van der Waals surface area contributed by atoms with Gasteiger partial charge in [0.1, 0.15) is 29.5 Å². The summed E-state index contributed by atoms with van der Waals surface area (Å²) in [6.07, 6.45) is -1.33. The largest absolute Gasteiger partial charge is 0.506 e. The van der Waals surface area contributed by atoms with Gasteiger partial charge in [-0.1, -0.05) is 0 Å². The van der Waals surface area contributed by atoms with E-state index in [1.807, 2.05) is 4.90 Å². The molecule has 4 N–H and O–H groups in total. The monoisotopic (exact) mass is 874 g/mol. The van der Waals surface area contributed by atoms with Gasteiger partial charge in [0.15, 0.2) is 0 Å². The molecule has 16 heteroatoms. The van der Waals surface area contributed by atoms with Crippen LogP contribution in [0, 0.1) is 68.4 Å². The van der Waals surface area contributed by atoms with Crippen molar-refractivity contribution in [3.63, 3.8) is 0 Å². The Balaban J connectivity index is 0.00000343. The molecule has 44 heavy (non-hydrogen) atoms. The molecule has 3 aliphatic rings. The molecule has 2 aromatic heterocycles. The van der Waals surface area contributed by atoms with Gasteiger partial charge in [-0.15, -0.1) is 17.7 Å². The number of phenolic OH excluding ortho intramolecular Hbond substituents is 1. The van der Waals surface area contributed by atoms with Crippen molar-refractivity contribution in [1.82, 2.24) is 14.9 Å². The van der Waals surface area contributed by atoms with Crippen molar-refractivity contribution in [2.45, 2.75) is 43.6 Å². The molecular formula is C28H23CeF6IN5O2S-. The predicted octanol–water partition coefficient (Wildman–Crippen LogP) is 6.80. The van der Waals surface area contributed by atoms with Gasteiger partial charge < -0.3 is 20.9 Å². The first-order chi connectivity index (χ1) is 20.3. The van der Waals surface area contributed by atoms with Gasteiger partial charge in [-0.25, -0.2) is 26.3 Å². The van der Waals surface area contributed by atoms with E-state index in [-0.39, 0.29) is 115 Å². The average molecular weight is 875 g/mol. The molecular weight excluding hydrogens is 851 g/mol. The molecule has 7 nitrogen and oxygen atoms in total. The van der Waals surface area contributed by atoms with Crippen LogP contribution in [0.3, 0.4) is 0 Å². The maximum absolute atomic E-state index is 16.5. The van der Waals surface area contributed by atoms with Gasteiger partial charge in [0.2, 0.25) is 0 Å². The fraction of sp³-hybridized carbons (Fsp3) is 0.429. The van der Waals surface area contributed by atoms with E-state index in [1.54, 1.807) is 22.6 Å². The Morgan fingerprint density at radius 1 is 1.23 bits per heavy atom. The molecule has 1 unspecified atom stereocenters. The molecule has 2 aliphatic heterocycles. The minimum absolute atomic E-state index is 0. The first-order valence-electron chi connectivity index (χ1n) is 13.4. The number of benzene rings is 2. The van der Waals surface area contributed by atoms with Gasteiger partial charge in [-0.3, -0.25) is 4.90 Å². The SMILES string of the molecule is Nc1[c-]c2c(-c3c(I)c(O)c4c(NCC(F)F)nc(OC[C@@]56CCCN5CC5(CC5(F)F)C6)nc4c3F)ccc(F)c2s1.[Ce]. The summed E-state index contributed by atoms with van der Waals surface area (Å²) in [5, 5.41) is 13.8. The van der Waals surface area contributed by atoms with Gasteiger partial charge in [-0.2, -0.15) is 26.7 Å². The number of aromatic hydroxyl groups is 1. The number of ether oxygens (including phenoxy) is 1. The van der Waals surface area contributed by atoms with Crippen LogP contribution < -0.4 is 15.8 Å². The third-order valence-corrected chi connectivity index (χ3v) is 10.8. The number of aromatic nitrogens is 2. The van der Waals surface area contributed by atoms with E-state index in [0.29, 0.717) is 13.0 Å². The molecule has 3 fully saturated rings. The van der Waals surface area contributed by atoms with E-state index < -0.39 is 52.7 Å². The molecule has 1 saturated carbocycles. The zero-order valence-corrected chi connectivity index (χ0v) is 28.8. The Labute approximate surface area is 298 Å². The first kappa shape index (κ1) is 32.5. The molecule has 2 saturated heterocycles. The van der Waals surface area contributed by atoms with Crippen LogP contribution in [0.25, 0.3) is 32.1 Å². The number of hydrogen-bond donors (Lipinski definition) is 3. The van der Waals surface area contributed by atoms with Crippen molar-refractivity contribution in [2.24, 2.45) is 5.41 Å². The number of rotatable bonds is 7. The topological polar surface area (TPSA) is 96.5 Å². The number of hydrogen-bond acceptors (Lipinski definition) is 8. The summed E-state index contributed by atoms with van der Waals surface area (Å²) in [6.45, 7) is -0.0235. The third kappa shape index (κ3) is 5.11. The zero-order chi connectivity index (χ0) is 30.5. The molecule has 1 aliphatic carbocycles. The van der Waals surface area contributed by atoms with Crippen LogP contribution >= 0.6 is 33.9 Å². The Kier molecular flexibility index (Phi) is 8.41. The third-order valence-electron chi connectivity index (χ3n) is 8.83. The molecule has 7 rings (SSSR count). The molecule has 232 valence electrons. The van der Waals surface area contributed by atoms with E-state index in [2.05, 4.69) is 21.4 Å². The fourth-order valence-electron chi connectivity index (χ4n) is 6.77. The van der Waals surface area contributed by atoms with Crippen molar-refractivity contribution in [3.05, 3.63) is 33.4 Å². The number of nitrogen functional groups attached to an aromatic ring is 1. The van der Waals surface area contributed by atoms with Crippen LogP contribution in [0.2, 0.25) is 0 Å². The van der Waals surface area contributed by atoms with Crippen molar-refractivity contribution in [3.8, 4) is 22.9 Å². The molecule has 0 radical (unpaired) electrons. The summed E-state index contributed by atoms with van der Waals surface area (Å²) >= 11 is 2.65. The summed E-state index contributed by atoms with van der Waals surface area (Å²) in [5.41, 5.74) is 3.73. The molecule has 2 atom stereocenters. The number of halogens is 7. The number of nitrogens with zero attached hydrogens (tertiary/aromatic N) is 3. The number of anilines is 2. The van der Waals surface area contributed by atoms with Crippen molar-refractivity contribution < 1.29 is 77.9 Å². The summed E-state index contributed by atoms with van der Waals surface area (Å²) in [6, 6.07) is 4.94. The second-order valence-corrected chi connectivity index (χ2v) is 13.6. The van der Waals surface area contributed by atoms with Gasteiger partial charge in [0, 0.05) is 59.7 Å². The zero-order valence-electron chi connectivity index (χ0n) is 22.7. The smallest absolute Gasteiger partial charge is 0.319 e. The van der Waals surface area contributed by atoms with Gasteiger partial charge >= 0.3 is 6.01 Å². The quantitative estimate of drug-likeness (QED) is 0.107. The summed E-state index contributed by atoms with van der Waals surface area (Å²) < 4.78 is 92.0. The fourth-order valence-corrected chi connectivity index (χ4v) is 8.37. The Morgan fingerprint density at radius 2 is 1.98 bits per heavy atom. The standard InChI is InChI=1S/C28H23F6IN5O2S.Ce/c29-14-3-2-12(13-6-16(36)43-23(13)14)17-19(32)21-18(22(41)20(17)35)24(37-7-15(30)31)39-25(38-21)42-11-27-4-1-5-40(27)10-26(8-27)9-28(26,33)34;/h2-3,15,41H,1,4-5,7-11,36H2,(H,37,38,39);/q-1;/t26?,27-;/m0./s1. The molecule has 0 amide bonds. The molecule has 4 aromatic rings. The Morgan fingerprint density at radius 3 is 2.68 bits per heavy atom. The maximum Gasteiger partial charge on any atom is 0.319 e. The maximum atomic E-state index is 16.5. The number of fused-ring (bicyclic) bond motifs is 3. The van der Waals surface area contributed by atoms with Crippen molar-refractivity contribution >= 4 is 65.7 Å². The second-order valence-electron chi connectivity index (χ2n) is 11.5. The van der Waals surface area contributed by atoms with Crippen LogP contribution in [0.1, 0.15) is 25.7 Å². The van der Waals surface area contributed by atoms with Crippen LogP contribution in [-0.2, 0) is 0 Å². The summed E-state index contributed by atoms with van der Waals surface area (Å²) in [4.78, 5) is 10.4. The predicted molar refractivity (Wildman–Crippen MR) is 158 cm³/mol. The summed E-state index contributed by atoms with van der Waals surface area (Å²) in [5.74, 6) is -5.01. The minimum Gasteiger partial charge on any atom is -0.506 e. The first-order valence-corrected chi connectivity index (χ1v) is 15.3. The van der Waals surface area contributed by atoms with Crippen LogP contribution in [0.5, 0.6) is 11.8 Å². The van der Waals surface area contributed by atoms with E-state index in [9.17, 15) is 27.1 Å². The minimum atomic E-state index is -2.80. The molecule has 0 bridgehead atoms. The van der Waals surface area contributed by atoms with Gasteiger partial charge in [0.25, 0.3) is 12.3 Å². The second kappa shape index (κ2) is 11.4. The molecule has 4 heterocycles. The van der Waals surface area contributed by atoms with Gasteiger partial charge in [0.05, 0.1) is 32.3 Å².